The molecule has 0 aromatic heterocycles. The van der Waals surface area contributed by atoms with Crippen LogP contribution in [0.2, 0.25) is 0 Å². The first-order valence-corrected chi connectivity index (χ1v) is 6.24. The van der Waals surface area contributed by atoms with Gasteiger partial charge in [-0.05, 0) is 43.3 Å². The third kappa shape index (κ3) is 2.79. The first-order chi connectivity index (χ1) is 9.52. The van der Waals surface area contributed by atoms with E-state index in [1.54, 1.807) is 37.3 Å². The molecule has 0 spiro atoms. The van der Waals surface area contributed by atoms with Gasteiger partial charge in [-0.3, -0.25) is 0 Å². The fourth-order valence-corrected chi connectivity index (χ4v) is 2.06. The zero-order chi connectivity index (χ0) is 14.7. The summed E-state index contributed by atoms with van der Waals surface area (Å²) in [5, 5.41) is 18.8. The summed E-state index contributed by atoms with van der Waals surface area (Å²) in [6.07, 6.45) is -0.652. The summed E-state index contributed by atoms with van der Waals surface area (Å²) in [5.74, 6) is -0.302. The molecule has 2 rings (SSSR count). The van der Waals surface area contributed by atoms with Crippen molar-refractivity contribution < 1.29 is 9.50 Å². The van der Waals surface area contributed by atoms with Crippen LogP contribution in [0.5, 0.6) is 0 Å². The summed E-state index contributed by atoms with van der Waals surface area (Å²) in [7, 11) is 1.82. The highest BCUT2D eigenvalue weighted by Gasteiger charge is 2.14. The number of benzene rings is 2. The fraction of sp³-hybridized carbons (Fsp3) is 0.188. The topological polar surface area (TPSA) is 47.3 Å². The molecule has 0 saturated heterocycles. The maximum absolute atomic E-state index is 13.0. The van der Waals surface area contributed by atoms with Crippen LogP contribution >= 0.6 is 0 Å². The van der Waals surface area contributed by atoms with Crippen molar-refractivity contribution in [1.29, 1.82) is 5.26 Å². The third-order valence-corrected chi connectivity index (χ3v) is 3.18. The van der Waals surface area contributed by atoms with Crippen molar-refractivity contribution in [3.05, 3.63) is 59.4 Å². The zero-order valence-electron chi connectivity index (χ0n) is 11.3. The second kappa shape index (κ2) is 5.72. The molecule has 0 fully saturated rings. The molecule has 1 N–H and O–H groups in total. The van der Waals surface area contributed by atoms with Crippen molar-refractivity contribution in [3.8, 4) is 6.07 Å². The monoisotopic (exact) mass is 270 g/mol. The number of nitriles is 1. The van der Waals surface area contributed by atoms with E-state index in [4.69, 9.17) is 5.26 Å². The van der Waals surface area contributed by atoms with Crippen molar-refractivity contribution >= 4 is 11.4 Å². The highest BCUT2D eigenvalue weighted by atomic mass is 19.1. The quantitative estimate of drug-likeness (QED) is 0.928. The SMILES string of the molecule is CC(O)c1ccc(C#N)cc1N(C)c1ccc(F)cc1. The Labute approximate surface area is 117 Å². The Hall–Kier alpha value is -2.38. The Bertz CT molecular complexity index is 645. The number of hydrogen-bond acceptors (Lipinski definition) is 3. The Kier molecular flexibility index (Phi) is 4.02. The lowest BCUT2D eigenvalue weighted by Gasteiger charge is -2.24. The molecule has 1 unspecified atom stereocenters. The fourth-order valence-electron chi connectivity index (χ4n) is 2.06. The Morgan fingerprint density at radius 2 is 1.85 bits per heavy atom. The minimum Gasteiger partial charge on any atom is -0.389 e. The first-order valence-electron chi connectivity index (χ1n) is 6.24. The molecule has 4 heteroatoms. The van der Waals surface area contributed by atoms with Gasteiger partial charge in [0.25, 0.3) is 0 Å². The minimum absolute atomic E-state index is 0.302. The molecule has 2 aromatic rings. The number of rotatable bonds is 3. The molecule has 2 aromatic carbocycles. The van der Waals surface area contributed by atoms with Crippen LogP contribution in [0.1, 0.15) is 24.2 Å². The second-order valence-corrected chi connectivity index (χ2v) is 4.60. The molecule has 0 aliphatic heterocycles. The van der Waals surface area contributed by atoms with Gasteiger partial charge < -0.3 is 10.0 Å². The number of halogens is 1. The molecular formula is C16H15FN2O. The molecule has 0 radical (unpaired) electrons. The molecule has 0 amide bonds. The average molecular weight is 270 g/mol. The van der Waals surface area contributed by atoms with E-state index in [1.165, 1.54) is 12.1 Å². The van der Waals surface area contributed by atoms with Crippen molar-refractivity contribution in [2.24, 2.45) is 0 Å². The zero-order valence-corrected chi connectivity index (χ0v) is 11.3. The number of nitrogens with zero attached hydrogens (tertiary/aromatic N) is 2. The second-order valence-electron chi connectivity index (χ2n) is 4.60. The largest absolute Gasteiger partial charge is 0.389 e. The summed E-state index contributed by atoms with van der Waals surface area (Å²) in [5.41, 5.74) is 2.74. The van der Waals surface area contributed by atoms with Gasteiger partial charge in [0.05, 0.1) is 17.7 Å². The number of hydrogen-bond donors (Lipinski definition) is 1. The number of aliphatic hydroxyl groups is 1. The van der Waals surface area contributed by atoms with Crippen LogP contribution in [0.15, 0.2) is 42.5 Å². The van der Waals surface area contributed by atoms with Crippen LogP contribution in [0.3, 0.4) is 0 Å². The van der Waals surface area contributed by atoms with Gasteiger partial charge in [-0.15, -0.1) is 0 Å². The lowest BCUT2D eigenvalue weighted by molar-refractivity contribution is 0.200. The predicted octanol–water partition coefficient (Wildman–Crippen LogP) is 3.52. The van der Waals surface area contributed by atoms with Crippen LogP contribution in [0.25, 0.3) is 0 Å². The first kappa shape index (κ1) is 14.0. The molecule has 0 heterocycles. The highest BCUT2D eigenvalue weighted by molar-refractivity contribution is 5.67. The van der Waals surface area contributed by atoms with Gasteiger partial charge in [0.1, 0.15) is 5.82 Å². The smallest absolute Gasteiger partial charge is 0.123 e. The van der Waals surface area contributed by atoms with E-state index in [-0.39, 0.29) is 5.82 Å². The van der Waals surface area contributed by atoms with E-state index in [0.29, 0.717) is 5.56 Å². The van der Waals surface area contributed by atoms with Crippen LogP contribution in [0, 0.1) is 17.1 Å². The van der Waals surface area contributed by atoms with Gasteiger partial charge in [0, 0.05) is 24.0 Å². The molecule has 102 valence electrons. The van der Waals surface area contributed by atoms with Crippen molar-refractivity contribution in [1.82, 2.24) is 0 Å². The van der Waals surface area contributed by atoms with Crippen molar-refractivity contribution in [3.63, 3.8) is 0 Å². The van der Waals surface area contributed by atoms with Crippen LogP contribution in [-0.2, 0) is 0 Å². The van der Waals surface area contributed by atoms with E-state index in [2.05, 4.69) is 6.07 Å². The van der Waals surface area contributed by atoms with Gasteiger partial charge in [-0.1, -0.05) is 6.07 Å². The third-order valence-electron chi connectivity index (χ3n) is 3.18. The van der Waals surface area contributed by atoms with Crippen LogP contribution in [0.4, 0.5) is 15.8 Å². The molecule has 0 aliphatic rings. The standard InChI is InChI=1S/C16H15FN2O/c1-11(20)15-8-3-12(10-18)9-16(15)19(2)14-6-4-13(17)5-7-14/h3-9,11,20H,1-2H3. The lowest BCUT2D eigenvalue weighted by atomic mass is 10.0. The molecule has 20 heavy (non-hydrogen) atoms. The van der Waals surface area contributed by atoms with Crippen LogP contribution in [-0.4, -0.2) is 12.2 Å². The Morgan fingerprint density at radius 1 is 1.20 bits per heavy atom. The summed E-state index contributed by atoms with van der Waals surface area (Å²) < 4.78 is 13.0. The van der Waals surface area contributed by atoms with Gasteiger partial charge in [0.15, 0.2) is 0 Å². The molecule has 3 nitrogen and oxygen atoms in total. The normalized spacial score (nSPS) is 11.8. The van der Waals surface area contributed by atoms with Crippen molar-refractivity contribution in [2.45, 2.75) is 13.0 Å². The van der Waals surface area contributed by atoms with E-state index >= 15 is 0 Å². The molecular weight excluding hydrogens is 255 g/mol. The van der Waals surface area contributed by atoms with E-state index in [0.717, 1.165) is 16.9 Å². The molecule has 0 aliphatic carbocycles. The maximum atomic E-state index is 13.0. The highest BCUT2D eigenvalue weighted by Crippen LogP contribution is 2.31. The van der Waals surface area contributed by atoms with E-state index < -0.39 is 6.10 Å². The summed E-state index contributed by atoms with van der Waals surface area (Å²) in [6, 6.07) is 13.3. The average Bonchev–Trinajstić information content (AvgIpc) is 2.46. The Morgan fingerprint density at radius 3 is 2.40 bits per heavy atom. The molecule has 1 atom stereocenters. The molecule has 0 bridgehead atoms. The lowest BCUT2D eigenvalue weighted by Crippen LogP contribution is -2.13. The summed E-state index contributed by atoms with van der Waals surface area (Å²) in [4.78, 5) is 1.82. The minimum atomic E-state index is -0.652. The maximum Gasteiger partial charge on any atom is 0.123 e. The number of aliphatic hydroxyl groups excluding tert-OH is 1. The van der Waals surface area contributed by atoms with Gasteiger partial charge in [-0.2, -0.15) is 5.26 Å². The van der Waals surface area contributed by atoms with E-state index in [9.17, 15) is 9.50 Å². The van der Waals surface area contributed by atoms with Crippen LogP contribution < -0.4 is 4.90 Å². The molecule has 0 saturated carbocycles. The number of anilines is 2. The van der Waals surface area contributed by atoms with Gasteiger partial charge >= 0.3 is 0 Å². The predicted molar refractivity (Wildman–Crippen MR) is 76.3 cm³/mol. The Balaban J connectivity index is 2.49. The van der Waals surface area contributed by atoms with Gasteiger partial charge in [0.2, 0.25) is 0 Å². The summed E-state index contributed by atoms with van der Waals surface area (Å²) in [6.45, 7) is 1.67. The van der Waals surface area contributed by atoms with E-state index in [1.807, 2.05) is 11.9 Å². The summed E-state index contributed by atoms with van der Waals surface area (Å²) >= 11 is 0. The van der Waals surface area contributed by atoms with Crippen molar-refractivity contribution in [2.75, 3.05) is 11.9 Å². The van der Waals surface area contributed by atoms with Gasteiger partial charge in [-0.25, -0.2) is 4.39 Å².